The molecule has 1 fully saturated rings. The average Bonchev–Trinajstić information content (AvgIpc) is 1.50. The van der Waals surface area contributed by atoms with Crippen LogP contribution in [0.4, 0.5) is 14.9 Å². The Bertz CT molecular complexity index is 4520. The second kappa shape index (κ2) is 30.2. The van der Waals surface area contributed by atoms with Gasteiger partial charge in [0, 0.05) is 84.8 Å². The highest BCUT2D eigenvalue weighted by atomic mass is 19.1. The Labute approximate surface area is 583 Å². The molecule has 7 aromatic rings. The molecule has 1 saturated heterocycles. The van der Waals surface area contributed by atoms with Crippen LogP contribution in [0, 0.1) is 12.7 Å². The first kappa shape index (κ1) is 71.7. The number of halogens is 1. The molecule has 0 saturated carbocycles. The van der Waals surface area contributed by atoms with Crippen LogP contribution in [0.5, 0.6) is 5.75 Å². The third-order valence-electron chi connectivity index (χ3n) is 19.3. The van der Waals surface area contributed by atoms with Crippen molar-refractivity contribution in [2.75, 3.05) is 38.4 Å². The molecule has 30 heteroatoms. The molecule has 3 aromatic heterocycles. The van der Waals surface area contributed by atoms with Crippen molar-refractivity contribution < 1.29 is 91.9 Å². The summed E-state index contributed by atoms with van der Waals surface area (Å²) in [4.78, 5) is 116. The predicted molar refractivity (Wildman–Crippen MR) is 360 cm³/mol. The van der Waals surface area contributed by atoms with Crippen LogP contribution in [-0.4, -0.2) is 162 Å². The molecule has 8 unspecified atom stereocenters. The fourth-order valence-corrected chi connectivity index (χ4v) is 13.8. The van der Waals surface area contributed by atoms with E-state index >= 15 is 4.39 Å². The van der Waals surface area contributed by atoms with Crippen molar-refractivity contribution >= 4 is 58.3 Å². The first-order chi connectivity index (χ1) is 49.0. The number of ether oxygens (including phenoxy) is 6. The van der Waals surface area contributed by atoms with E-state index in [1.165, 1.54) is 42.0 Å². The maximum atomic E-state index is 15.7. The van der Waals surface area contributed by atoms with Gasteiger partial charge in [-0.3, -0.25) is 24.0 Å². The number of pyridine rings is 2. The van der Waals surface area contributed by atoms with Crippen LogP contribution in [0.2, 0.25) is 0 Å². The molecule has 4 aromatic carbocycles. The molecule has 8 atom stereocenters. The van der Waals surface area contributed by atoms with Gasteiger partial charge < -0.3 is 84.7 Å². The largest absolute Gasteiger partial charge is 0.479 e. The summed E-state index contributed by atoms with van der Waals surface area (Å²) in [5.74, 6) is -5.40. The van der Waals surface area contributed by atoms with Gasteiger partial charge in [0.2, 0.25) is 29.9 Å². The number of aliphatic carboxylic acids is 1. The van der Waals surface area contributed by atoms with Crippen LogP contribution in [-0.2, 0) is 97.3 Å². The van der Waals surface area contributed by atoms with Crippen molar-refractivity contribution in [1.82, 2.24) is 45.8 Å². The highest BCUT2D eigenvalue weighted by Crippen LogP contribution is 2.47. The fraction of sp³-hybridized carbons (Fsp3) is 0.431. The van der Waals surface area contributed by atoms with E-state index in [9.17, 15) is 63.9 Å². The van der Waals surface area contributed by atoms with Gasteiger partial charge in [0.05, 0.1) is 72.8 Å². The lowest BCUT2D eigenvalue weighted by Gasteiger charge is -2.38. The summed E-state index contributed by atoms with van der Waals surface area (Å²) in [6.45, 7) is 6.33. The minimum Gasteiger partial charge on any atom is -0.479 e. The van der Waals surface area contributed by atoms with Gasteiger partial charge in [0.25, 0.3) is 5.56 Å². The molecule has 4 aliphatic heterocycles. The van der Waals surface area contributed by atoms with Gasteiger partial charge in [-0.15, -0.1) is 5.10 Å². The van der Waals surface area contributed by atoms with Crippen LogP contribution in [0.3, 0.4) is 0 Å². The molecule has 7 heterocycles. The number of esters is 1. The zero-order valence-corrected chi connectivity index (χ0v) is 56.7. The highest BCUT2D eigenvalue weighted by Gasteiger charge is 2.49. The number of anilines is 1. The molecule has 538 valence electrons. The van der Waals surface area contributed by atoms with Crippen molar-refractivity contribution in [2.45, 2.75) is 166 Å². The van der Waals surface area contributed by atoms with E-state index in [4.69, 9.17) is 33.4 Å². The van der Waals surface area contributed by atoms with Gasteiger partial charge in [-0.2, -0.15) is 0 Å². The summed E-state index contributed by atoms with van der Waals surface area (Å²) < 4.78 is 52.0. The minimum absolute atomic E-state index is 0.00265. The number of amides is 5. The molecule has 0 radical (unpaired) electrons. The van der Waals surface area contributed by atoms with Gasteiger partial charge in [-0.05, 0) is 105 Å². The van der Waals surface area contributed by atoms with Crippen molar-refractivity contribution in [2.24, 2.45) is 0 Å². The van der Waals surface area contributed by atoms with E-state index in [0.717, 1.165) is 22.4 Å². The lowest BCUT2D eigenvalue weighted by Crippen LogP contribution is -2.61. The Balaban J connectivity index is 0.759. The Kier molecular flexibility index (Phi) is 21.3. The Morgan fingerprint density at radius 2 is 1.61 bits per heavy atom. The van der Waals surface area contributed by atoms with Crippen molar-refractivity contribution in [3.63, 3.8) is 0 Å². The van der Waals surface area contributed by atoms with Crippen molar-refractivity contribution in [3.8, 4) is 39.7 Å². The molecule has 1 aliphatic carbocycles. The molecule has 5 aliphatic rings. The molecule has 5 amide bonds. The van der Waals surface area contributed by atoms with E-state index in [1.807, 2.05) is 67.1 Å². The fourth-order valence-electron chi connectivity index (χ4n) is 13.8. The lowest BCUT2D eigenvalue weighted by molar-refractivity contribution is -0.271. The summed E-state index contributed by atoms with van der Waals surface area (Å²) in [7, 11) is 1.50. The highest BCUT2D eigenvalue weighted by molar-refractivity contribution is 6.00. The van der Waals surface area contributed by atoms with Crippen molar-refractivity contribution in [1.29, 1.82) is 0 Å². The minimum atomic E-state index is -2.12. The first-order valence-corrected chi connectivity index (χ1v) is 33.8. The monoisotopic (exact) mass is 1410 g/mol. The quantitative estimate of drug-likeness (QED) is 0.0279. The molecule has 0 bridgehead atoms. The van der Waals surface area contributed by atoms with Crippen LogP contribution in [0.25, 0.3) is 44.8 Å². The number of carboxylic acids is 1. The number of unbranched alkanes of at least 4 members (excludes halogenated alkanes) is 1. The second-order valence-corrected chi connectivity index (χ2v) is 26.1. The maximum absolute atomic E-state index is 15.7. The lowest BCUT2D eigenvalue weighted by atomic mass is 9.81. The number of carbonyl (C=O) groups is 7. The number of hydrogen-bond acceptors (Lipinski definition) is 21. The zero-order valence-electron chi connectivity index (χ0n) is 56.7. The van der Waals surface area contributed by atoms with E-state index in [1.54, 1.807) is 18.7 Å². The van der Waals surface area contributed by atoms with E-state index < -0.39 is 115 Å². The van der Waals surface area contributed by atoms with Gasteiger partial charge in [0.15, 0.2) is 11.7 Å². The third kappa shape index (κ3) is 14.2. The normalized spacial score (nSPS) is 20.3. The van der Waals surface area contributed by atoms with E-state index in [2.05, 4.69) is 31.6 Å². The number of nitrogens with one attached hydrogen (secondary N) is 4. The number of methoxy groups -OCH3 is 1. The standard InChI is InChI=1S/C72H79FN10O19/c1-6-72(96)46-28-52-59-44(33-82(52)67(91)45(46)35-99-70(72)94)58-48(21-20-41-37(4)47(73)29-49(77-59)57(41)58)78-71(95)100-34-38-19-22-53(101-69-64(89)62(87)63(88)65(102-69)68(92)93)40(27-38)30-75-66(90)50(31-74-54(84)23-24-98-26-25-97-5)76-55(85)17-11-12-18-56(86)81-32-39-13-7-8-14-42(39)61-60(79-80-83(61)36(2)3)43-15-9-10-16-51(43)81/h7-10,13-16,19,22,27-29,36,48,50,62-65,69,87-89,96H,6,11-12,17-18,20-21,23-26,30-35H2,1-5H3,(H,74,84)(H,75,90)(H,76,85)(H,78,95)(H,92,93). The predicted octanol–water partition coefficient (Wildman–Crippen LogP) is 4.60. The third-order valence-corrected chi connectivity index (χ3v) is 19.3. The molecule has 0 spiro atoms. The second-order valence-electron chi connectivity index (χ2n) is 26.1. The van der Waals surface area contributed by atoms with Crippen molar-refractivity contribution in [3.05, 3.63) is 145 Å². The molecule has 29 nitrogen and oxygen atoms in total. The SMILES string of the molecule is CCC1(O)C(=O)OCc2c1cc1n(c2=O)Cc2c-1nc1cc(F)c(C)c3c1c2C(NC(=O)OCc1ccc(OC2OC(C(=O)O)C(O)C(O)C2O)c(CNC(=O)C(CNC(=O)CCOCCOC)NC(=O)CCCCC(=O)N2Cc4ccccc4-c4c(nnn4C(C)C)-c4ccccc42)c1)CC3. The number of para-hydroxylation sites is 1. The Morgan fingerprint density at radius 1 is 0.843 bits per heavy atom. The Morgan fingerprint density at radius 3 is 2.37 bits per heavy atom. The number of carbonyl (C=O) groups excluding carboxylic acids is 6. The zero-order chi connectivity index (χ0) is 72.4. The van der Waals surface area contributed by atoms with Crippen LogP contribution in [0.1, 0.15) is 128 Å². The number of fused-ring (bicyclic) bond motifs is 10. The van der Waals surface area contributed by atoms with Gasteiger partial charge >= 0.3 is 18.0 Å². The van der Waals surface area contributed by atoms with E-state index in [-0.39, 0.29) is 141 Å². The summed E-state index contributed by atoms with van der Waals surface area (Å²) in [6, 6.07) is 20.1. The summed E-state index contributed by atoms with van der Waals surface area (Å²) in [6.07, 6.45) is -10.3. The van der Waals surface area contributed by atoms with Gasteiger partial charge in [0.1, 0.15) is 54.8 Å². The number of nitrogens with zero attached hydrogens (tertiary/aromatic N) is 6. The number of hydrogen-bond donors (Lipinski definition) is 9. The first-order valence-electron chi connectivity index (χ1n) is 33.8. The number of aromatic nitrogens is 5. The van der Waals surface area contributed by atoms with Gasteiger partial charge in [-0.1, -0.05) is 60.7 Å². The number of benzene rings is 4. The molecular formula is C72H79FN10O19. The van der Waals surface area contributed by atoms with Crippen LogP contribution >= 0.6 is 0 Å². The topological polar surface area (TPSA) is 393 Å². The average molecular weight is 1410 g/mol. The molecule has 102 heavy (non-hydrogen) atoms. The smallest absolute Gasteiger partial charge is 0.407 e. The summed E-state index contributed by atoms with van der Waals surface area (Å²) in [5.41, 5.74) is 5.48. The number of cyclic esters (lactones) is 1. The Hall–Kier alpha value is -10.1. The van der Waals surface area contributed by atoms with Crippen LogP contribution in [0.15, 0.2) is 83.7 Å². The number of rotatable bonds is 25. The van der Waals surface area contributed by atoms with E-state index in [0.29, 0.717) is 45.4 Å². The van der Waals surface area contributed by atoms with Crippen LogP contribution < -0.4 is 36.5 Å². The summed E-state index contributed by atoms with van der Waals surface area (Å²) >= 11 is 0. The number of aliphatic hydroxyl groups is 4. The number of carboxylic acid groups (broad SMARTS) is 1. The molecular weight excluding hydrogens is 1330 g/mol. The summed E-state index contributed by atoms with van der Waals surface area (Å²) in [5, 5.41) is 74.3. The molecule has 9 N–H and O–H groups in total. The maximum Gasteiger partial charge on any atom is 0.407 e. The number of aryl methyl sites for hydroxylation is 1. The number of alkyl carbamates (subject to hydrolysis) is 1. The van der Waals surface area contributed by atoms with Gasteiger partial charge in [-0.25, -0.2) is 28.4 Å². The number of aliphatic hydroxyl groups excluding tert-OH is 3. The molecule has 12 rings (SSSR count).